The van der Waals surface area contributed by atoms with Crippen molar-refractivity contribution in [3.63, 3.8) is 0 Å². The van der Waals surface area contributed by atoms with E-state index >= 15 is 0 Å². The molecular formula is C13H12N2O2S. The van der Waals surface area contributed by atoms with E-state index < -0.39 is 0 Å². The SMILES string of the molecule is N=C(N)Oc1ccc(Sc2ccc(O)cc2)cc1. The maximum absolute atomic E-state index is 9.19. The summed E-state index contributed by atoms with van der Waals surface area (Å²) in [4.78, 5) is 2.07. The molecule has 0 aliphatic rings. The Hall–Kier alpha value is -2.14. The Morgan fingerprint density at radius 2 is 1.50 bits per heavy atom. The number of ether oxygens (including phenoxy) is 1. The molecule has 5 heteroatoms. The predicted octanol–water partition coefficient (Wildman–Crippen LogP) is 2.82. The van der Waals surface area contributed by atoms with Crippen LogP contribution in [-0.2, 0) is 0 Å². The van der Waals surface area contributed by atoms with Crippen LogP contribution in [0.3, 0.4) is 0 Å². The topological polar surface area (TPSA) is 79.3 Å². The first-order valence-electron chi connectivity index (χ1n) is 5.22. The Balaban J connectivity index is 2.06. The molecule has 0 aliphatic heterocycles. The summed E-state index contributed by atoms with van der Waals surface area (Å²) in [5, 5.41) is 16.2. The van der Waals surface area contributed by atoms with Crippen LogP contribution in [0.25, 0.3) is 0 Å². The summed E-state index contributed by atoms with van der Waals surface area (Å²) in [6.45, 7) is 0. The maximum atomic E-state index is 9.19. The fourth-order valence-corrected chi connectivity index (χ4v) is 2.17. The Morgan fingerprint density at radius 1 is 1.00 bits per heavy atom. The van der Waals surface area contributed by atoms with Gasteiger partial charge in [0.15, 0.2) is 0 Å². The first-order chi connectivity index (χ1) is 8.63. The number of rotatable bonds is 3. The molecule has 2 aromatic rings. The Morgan fingerprint density at radius 3 is 2.00 bits per heavy atom. The van der Waals surface area contributed by atoms with Crippen molar-refractivity contribution in [1.82, 2.24) is 0 Å². The van der Waals surface area contributed by atoms with Crippen molar-refractivity contribution in [2.45, 2.75) is 9.79 Å². The summed E-state index contributed by atoms with van der Waals surface area (Å²) in [7, 11) is 0. The average molecular weight is 260 g/mol. The maximum Gasteiger partial charge on any atom is 0.284 e. The molecule has 2 rings (SSSR count). The zero-order valence-corrected chi connectivity index (χ0v) is 10.3. The summed E-state index contributed by atoms with van der Waals surface area (Å²) < 4.78 is 4.95. The van der Waals surface area contributed by atoms with Crippen molar-refractivity contribution in [2.75, 3.05) is 0 Å². The second-order valence-corrected chi connectivity index (χ2v) is 4.68. The van der Waals surface area contributed by atoms with E-state index in [2.05, 4.69) is 0 Å². The molecule has 0 fully saturated rings. The van der Waals surface area contributed by atoms with Crippen LogP contribution in [0.5, 0.6) is 11.5 Å². The van der Waals surface area contributed by atoms with Crippen LogP contribution < -0.4 is 10.5 Å². The van der Waals surface area contributed by atoms with E-state index in [4.69, 9.17) is 15.9 Å². The molecule has 0 bridgehead atoms. The molecule has 18 heavy (non-hydrogen) atoms. The van der Waals surface area contributed by atoms with Crippen molar-refractivity contribution >= 4 is 17.8 Å². The Labute approximate surface area is 109 Å². The summed E-state index contributed by atoms with van der Waals surface area (Å²) in [6.07, 6.45) is 0. The summed E-state index contributed by atoms with van der Waals surface area (Å²) >= 11 is 1.57. The number of hydrogen-bond acceptors (Lipinski definition) is 4. The van der Waals surface area contributed by atoms with Crippen molar-refractivity contribution in [3.8, 4) is 11.5 Å². The molecule has 0 atom stereocenters. The van der Waals surface area contributed by atoms with Crippen molar-refractivity contribution in [3.05, 3.63) is 48.5 Å². The molecule has 4 N–H and O–H groups in total. The largest absolute Gasteiger partial charge is 0.508 e. The van der Waals surface area contributed by atoms with E-state index in [1.54, 1.807) is 36.0 Å². The van der Waals surface area contributed by atoms with Gasteiger partial charge in [0.1, 0.15) is 11.5 Å². The molecule has 2 aromatic carbocycles. The van der Waals surface area contributed by atoms with Gasteiger partial charge in [0.2, 0.25) is 0 Å². The van der Waals surface area contributed by atoms with E-state index in [-0.39, 0.29) is 11.8 Å². The molecule has 0 radical (unpaired) electrons. The Kier molecular flexibility index (Phi) is 3.74. The average Bonchev–Trinajstić information content (AvgIpc) is 2.34. The van der Waals surface area contributed by atoms with Gasteiger partial charge in [-0.15, -0.1) is 0 Å². The van der Waals surface area contributed by atoms with Gasteiger partial charge in [0.25, 0.3) is 6.02 Å². The highest BCUT2D eigenvalue weighted by Crippen LogP contribution is 2.29. The molecular weight excluding hydrogens is 248 g/mol. The van der Waals surface area contributed by atoms with E-state index in [0.29, 0.717) is 5.75 Å². The summed E-state index contributed by atoms with van der Waals surface area (Å²) in [5.41, 5.74) is 5.13. The molecule has 0 heterocycles. The van der Waals surface area contributed by atoms with Crippen LogP contribution in [-0.4, -0.2) is 11.1 Å². The summed E-state index contributed by atoms with van der Waals surface area (Å²) in [6, 6.07) is 13.9. The number of amidine groups is 1. The van der Waals surface area contributed by atoms with E-state index in [0.717, 1.165) is 9.79 Å². The molecule has 92 valence electrons. The third-order valence-electron chi connectivity index (χ3n) is 2.12. The highest BCUT2D eigenvalue weighted by atomic mass is 32.2. The lowest BCUT2D eigenvalue weighted by atomic mass is 10.3. The third kappa shape index (κ3) is 3.43. The fourth-order valence-electron chi connectivity index (χ4n) is 1.35. The zero-order valence-electron chi connectivity index (χ0n) is 9.46. The molecule has 4 nitrogen and oxygen atoms in total. The highest BCUT2D eigenvalue weighted by molar-refractivity contribution is 7.99. The third-order valence-corrected chi connectivity index (χ3v) is 3.14. The van der Waals surface area contributed by atoms with Gasteiger partial charge >= 0.3 is 0 Å². The van der Waals surface area contributed by atoms with Gasteiger partial charge in [-0.05, 0) is 48.5 Å². The van der Waals surface area contributed by atoms with Crippen molar-refractivity contribution in [2.24, 2.45) is 5.73 Å². The van der Waals surface area contributed by atoms with Crippen LogP contribution in [0.2, 0.25) is 0 Å². The first-order valence-corrected chi connectivity index (χ1v) is 6.04. The normalized spacial score (nSPS) is 10.0. The minimum atomic E-state index is -0.325. The number of phenols is 1. The number of nitrogens with two attached hydrogens (primary N) is 1. The van der Waals surface area contributed by atoms with Gasteiger partial charge in [0.05, 0.1) is 0 Å². The monoisotopic (exact) mass is 260 g/mol. The number of nitrogens with one attached hydrogen (secondary N) is 1. The minimum Gasteiger partial charge on any atom is -0.508 e. The van der Waals surface area contributed by atoms with Crippen LogP contribution in [0, 0.1) is 5.41 Å². The molecule has 0 unspecified atom stereocenters. The number of phenolic OH excluding ortho intramolecular Hbond substituents is 1. The van der Waals surface area contributed by atoms with E-state index in [1.165, 1.54) is 0 Å². The van der Waals surface area contributed by atoms with Crippen molar-refractivity contribution in [1.29, 1.82) is 5.41 Å². The fraction of sp³-hybridized carbons (Fsp3) is 0. The zero-order chi connectivity index (χ0) is 13.0. The van der Waals surface area contributed by atoms with Gasteiger partial charge in [-0.2, -0.15) is 0 Å². The lowest BCUT2D eigenvalue weighted by Gasteiger charge is -2.04. The van der Waals surface area contributed by atoms with E-state index in [9.17, 15) is 5.11 Å². The van der Waals surface area contributed by atoms with Gasteiger partial charge in [-0.3, -0.25) is 5.41 Å². The molecule has 0 amide bonds. The quantitative estimate of drug-likeness (QED) is 0.585. The van der Waals surface area contributed by atoms with Gasteiger partial charge in [-0.1, -0.05) is 11.8 Å². The standard InChI is InChI=1S/C13H12N2O2S/c14-13(15)17-10-3-7-12(8-4-10)18-11-5-1-9(16)2-6-11/h1-8,16H,(H3,14,15). The molecule has 0 aliphatic carbocycles. The second-order valence-electron chi connectivity index (χ2n) is 3.53. The number of aromatic hydroxyl groups is 1. The Bertz CT molecular complexity index is 538. The van der Waals surface area contributed by atoms with Crippen LogP contribution in [0.1, 0.15) is 0 Å². The number of benzene rings is 2. The lowest BCUT2D eigenvalue weighted by molar-refractivity contribution is 0.475. The predicted molar refractivity (Wildman–Crippen MR) is 71.2 cm³/mol. The lowest BCUT2D eigenvalue weighted by Crippen LogP contribution is -2.17. The second kappa shape index (κ2) is 5.46. The van der Waals surface area contributed by atoms with Crippen LogP contribution in [0.15, 0.2) is 58.3 Å². The van der Waals surface area contributed by atoms with Gasteiger partial charge in [-0.25, -0.2) is 0 Å². The van der Waals surface area contributed by atoms with Gasteiger partial charge in [0, 0.05) is 9.79 Å². The molecule has 0 spiro atoms. The van der Waals surface area contributed by atoms with Gasteiger partial charge < -0.3 is 15.6 Å². The number of hydrogen-bond donors (Lipinski definition) is 3. The van der Waals surface area contributed by atoms with E-state index in [1.807, 2.05) is 24.3 Å². The molecule has 0 saturated carbocycles. The summed E-state index contributed by atoms with van der Waals surface area (Å²) in [5.74, 6) is 0.794. The molecule has 0 aromatic heterocycles. The highest BCUT2D eigenvalue weighted by Gasteiger charge is 2.00. The van der Waals surface area contributed by atoms with Crippen LogP contribution >= 0.6 is 11.8 Å². The smallest absolute Gasteiger partial charge is 0.284 e. The minimum absolute atomic E-state index is 0.254. The first kappa shape index (κ1) is 12.3. The molecule has 0 saturated heterocycles. The van der Waals surface area contributed by atoms with Crippen molar-refractivity contribution < 1.29 is 9.84 Å². The van der Waals surface area contributed by atoms with Crippen LogP contribution in [0.4, 0.5) is 0 Å².